The van der Waals surface area contributed by atoms with Crippen LogP contribution in [-0.4, -0.2) is 50.0 Å². The van der Waals surface area contributed by atoms with Gasteiger partial charge in [0.05, 0.1) is 11.9 Å². The van der Waals surface area contributed by atoms with Gasteiger partial charge in [0.15, 0.2) is 0 Å². The summed E-state index contributed by atoms with van der Waals surface area (Å²) < 4.78 is 26.6. The van der Waals surface area contributed by atoms with Gasteiger partial charge in [0.25, 0.3) is 0 Å². The van der Waals surface area contributed by atoms with Crippen molar-refractivity contribution in [3.63, 3.8) is 0 Å². The molecule has 0 bridgehead atoms. The molecule has 1 aliphatic carbocycles. The van der Waals surface area contributed by atoms with Crippen molar-refractivity contribution in [1.82, 2.24) is 10.2 Å². The highest BCUT2D eigenvalue weighted by atomic mass is 32.2. The minimum absolute atomic E-state index is 0.117. The molecule has 2 aromatic carbocycles. The number of hydrogen-bond acceptors (Lipinski definition) is 4. The van der Waals surface area contributed by atoms with E-state index in [1.807, 2.05) is 43.3 Å². The zero-order chi connectivity index (χ0) is 27.2. The zero-order valence-electron chi connectivity index (χ0n) is 22.7. The van der Waals surface area contributed by atoms with Gasteiger partial charge >= 0.3 is 0 Å². The summed E-state index contributed by atoms with van der Waals surface area (Å²) in [5, 5.41) is 3.12. The Kier molecular flexibility index (Phi) is 9.76. The molecule has 2 aromatic rings. The summed E-state index contributed by atoms with van der Waals surface area (Å²) in [5.41, 5.74) is 3.44. The summed E-state index contributed by atoms with van der Waals surface area (Å²) >= 11 is 0. The lowest BCUT2D eigenvalue weighted by Crippen LogP contribution is -2.52. The normalized spacial score (nSPS) is 15.3. The Bertz CT molecular complexity index is 1170. The van der Waals surface area contributed by atoms with E-state index in [2.05, 4.69) is 19.2 Å². The molecule has 0 spiro atoms. The second-order valence-corrected chi connectivity index (χ2v) is 12.5. The number of amides is 2. The van der Waals surface area contributed by atoms with E-state index in [0.717, 1.165) is 52.9 Å². The molecule has 7 nitrogen and oxygen atoms in total. The van der Waals surface area contributed by atoms with Crippen molar-refractivity contribution in [2.75, 3.05) is 17.1 Å². The van der Waals surface area contributed by atoms with Crippen molar-refractivity contribution in [3.8, 4) is 0 Å². The molecule has 0 radical (unpaired) electrons. The molecule has 37 heavy (non-hydrogen) atoms. The summed E-state index contributed by atoms with van der Waals surface area (Å²) in [4.78, 5) is 28.4. The molecule has 202 valence electrons. The van der Waals surface area contributed by atoms with Crippen LogP contribution in [0.4, 0.5) is 5.69 Å². The fraction of sp³-hybridized carbons (Fsp3) is 0.517. The second-order valence-electron chi connectivity index (χ2n) is 10.5. The molecule has 0 heterocycles. The Balaban J connectivity index is 1.87. The Hall–Kier alpha value is -2.87. The van der Waals surface area contributed by atoms with Gasteiger partial charge in [-0.3, -0.25) is 13.9 Å². The van der Waals surface area contributed by atoms with E-state index in [1.54, 1.807) is 19.1 Å². The number of sulfonamides is 1. The fourth-order valence-electron chi connectivity index (χ4n) is 4.80. The molecule has 0 aliphatic heterocycles. The minimum atomic E-state index is -3.74. The Morgan fingerprint density at radius 1 is 1.00 bits per heavy atom. The molecule has 2 amide bonds. The van der Waals surface area contributed by atoms with E-state index < -0.39 is 22.0 Å². The highest BCUT2D eigenvalue weighted by Gasteiger charge is 2.31. The van der Waals surface area contributed by atoms with Crippen LogP contribution >= 0.6 is 0 Å². The lowest BCUT2D eigenvalue weighted by atomic mass is 9.95. The molecule has 1 N–H and O–H groups in total. The summed E-state index contributed by atoms with van der Waals surface area (Å²) in [5.74, 6) is -0.332. The van der Waals surface area contributed by atoms with Gasteiger partial charge in [-0.25, -0.2) is 8.42 Å². The number of benzene rings is 2. The number of rotatable bonds is 10. The van der Waals surface area contributed by atoms with Crippen molar-refractivity contribution in [2.45, 2.75) is 84.3 Å². The van der Waals surface area contributed by atoms with Gasteiger partial charge < -0.3 is 10.2 Å². The molecular formula is C29H41N3O4S. The maximum absolute atomic E-state index is 13.7. The molecule has 1 saturated carbocycles. The highest BCUT2D eigenvalue weighted by Crippen LogP contribution is 2.23. The third kappa shape index (κ3) is 8.06. The summed E-state index contributed by atoms with van der Waals surface area (Å²) in [6, 6.07) is 14.4. The quantitative estimate of drug-likeness (QED) is 0.483. The molecule has 0 aromatic heterocycles. The third-order valence-corrected chi connectivity index (χ3v) is 8.22. The SMILES string of the molecule is Cc1cccc(CN(C(=O)CN(c2ccc(C(C)C)cc2)S(C)(=O)=O)C(C)C(=O)NC2CCCCC2)c1. The van der Waals surface area contributed by atoms with E-state index in [-0.39, 0.29) is 25.0 Å². The maximum Gasteiger partial charge on any atom is 0.244 e. The molecule has 1 aliphatic rings. The van der Waals surface area contributed by atoms with E-state index in [9.17, 15) is 18.0 Å². The first-order valence-corrected chi connectivity index (χ1v) is 15.0. The summed E-state index contributed by atoms with van der Waals surface area (Å²) in [7, 11) is -3.74. The van der Waals surface area contributed by atoms with Crippen LogP contribution in [0.5, 0.6) is 0 Å². The largest absolute Gasteiger partial charge is 0.352 e. The van der Waals surface area contributed by atoms with Crippen LogP contribution in [0.2, 0.25) is 0 Å². The number of carbonyl (C=O) groups is 2. The Labute approximate surface area is 222 Å². The number of nitrogens with zero attached hydrogens (tertiary/aromatic N) is 2. The lowest BCUT2D eigenvalue weighted by Gasteiger charge is -2.33. The monoisotopic (exact) mass is 527 g/mol. The van der Waals surface area contributed by atoms with Crippen LogP contribution in [0.15, 0.2) is 48.5 Å². The van der Waals surface area contributed by atoms with Gasteiger partial charge in [-0.05, 0) is 55.9 Å². The van der Waals surface area contributed by atoms with Crippen LogP contribution in [0.3, 0.4) is 0 Å². The zero-order valence-corrected chi connectivity index (χ0v) is 23.6. The van der Waals surface area contributed by atoms with Gasteiger partial charge in [-0.1, -0.05) is 75.1 Å². The van der Waals surface area contributed by atoms with Crippen LogP contribution in [0.25, 0.3) is 0 Å². The predicted molar refractivity (Wildman–Crippen MR) is 149 cm³/mol. The van der Waals surface area contributed by atoms with Crippen molar-refractivity contribution >= 4 is 27.5 Å². The van der Waals surface area contributed by atoms with Gasteiger partial charge in [0.2, 0.25) is 21.8 Å². The molecule has 1 unspecified atom stereocenters. The van der Waals surface area contributed by atoms with Gasteiger partial charge in [0, 0.05) is 12.6 Å². The van der Waals surface area contributed by atoms with Crippen LogP contribution in [0.1, 0.15) is 75.5 Å². The second kappa shape index (κ2) is 12.6. The fourth-order valence-corrected chi connectivity index (χ4v) is 5.65. The number of carbonyl (C=O) groups excluding carboxylic acids is 2. The first-order chi connectivity index (χ1) is 17.5. The molecule has 8 heteroatoms. The van der Waals surface area contributed by atoms with Crippen molar-refractivity contribution in [3.05, 3.63) is 65.2 Å². The minimum Gasteiger partial charge on any atom is -0.352 e. The number of aryl methyl sites for hydroxylation is 1. The predicted octanol–water partition coefficient (Wildman–Crippen LogP) is 4.75. The highest BCUT2D eigenvalue weighted by molar-refractivity contribution is 7.92. The van der Waals surface area contributed by atoms with Crippen LogP contribution < -0.4 is 9.62 Å². The van der Waals surface area contributed by atoms with Gasteiger partial charge in [0.1, 0.15) is 12.6 Å². The van der Waals surface area contributed by atoms with Crippen molar-refractivity contribution < 1.29 is 18.0 Å². The third-order valence-electron chi connectivity index (χ3n) is 7.08. The van der Waals surface area contributed by atoms with Gasteiger partial charge in [-0.15, -0.1) is 0 Å². The summed E-state index contributed by atoms with van der Waals surface area (Å²) in [6.07, 6.45) is 6.34. The number of nitrogens with one attached hydrogen (secondary N) is 1. The standard InChI is InChI=1S/C29H41N3O4S/c1-21(2)25-14-16-27(17-15-25)32(37(5,35)36)20-28(33)31(19-24-11-9-10-22(3)18-24)23(4)29(34)30-26-12-7-6-8-13-26/h9-11,14-18,21,23,26H,6-8,12-13,19-20H2,1-5H3,(H,30,34). The van der Waals surface area contributed by atoms with Crippen molar-refractivity contribution in [1.29, 1.82) is 0 Å². The van der Waals surface area contributed by atoms with E-state index in [4.69, 9.17) is 0 Å². The molecule has 1 atom stereocenters. The lowest BCUT2D eigenvalue weighted by molar-refractivity contribution is -0.139. The average Bonchev–Trinajstić information content (AvgIpc) is 2.85. The first-order valence-electron chi connectivity index (χ1n) is 13.2. The maximum atomic E-state index is 13.7. The Morgan fingerprint density at radius 2 is 1.65 bits per heavy atom. The molecule has 1 fully saturated rings. The molecular weight excluding hydrogens is 486 g/mol. The van der Waals surface area contributed by atoms with Crippen molar-refractivity contribution in [2.24, 2.45) is 0 Å². The van der Waals surface area contributed by atoms with E-state index >= 15 is 0 Å². The first kappa shape index (κ1) is 28.7. The average molecular weight is 528 g/mol. The van der Waals surface area contributed by atoms with Crippen LogP contribution in [0, 0.1) is 6.92 Å². The Morgan fingerprint density at radius 3 is 2.22 bits per heavy atom. The topological polar surface area (TPSA) is 86.8 Å². The summed E-state index contributed by atoms with van der Waals surface area (Å²) in [6.45, 7) is 7.65. The van der Waals surface area contributed by atoms with Gasteiger partial charge in [-0.2, -0.15) is 0 Å². The van der Waals surface area contributed by atoms with E-state index in [0.29, 0.717) is 11.6 Å². The van der Waals surface area contributed by atoms with E-state index in [1.165, 1.54) is 11.3 Å². The number of hydrogen-bond donors (Lipinski definition) is 1. The molecule has 0 saturated heterocycles. The number of anilines is 1. The molecule has 3 rings (SSSR count). The van der Waals surface area contributed by atoms with Crippen LogP contribution in [-0.2, 0) is 26.2 Å². The smallest absolute Gasteiger partial charge is 0.244 e.